The van der Waals surface area contributed by atoms with Crippen LogP contribution < -0.4 is 10.6 Å². The molecule has 6 nitrogen and oxygen atoms in total. The summed E-state index contributed by atoms with van der Waals surface area (Å²) in [6.45, 7) is 1.80. The Balaban J connectivity index is 1.30. The lowest BCUT2D eigenvalue weighted by atomic mass is 10.1. The van der Waals surface area contributed by atoms with Crippen molar-refractivity contribution < 1.29 is 14.3 Å². The summed E-state index contributed by atoms with van der Waals surface area (Å²) in [4.78, 5) is 28.1. The Morgan fingerprint density at radius 3 is 2.79 bits per heavy atom. The average molecular weight is 420 g/mol. The molecule has 0 aliphatic carbocycles. The summed E-state index contributed by atoms with van der Waals surface area (Å²) >= 11 is 7.50. The van der Waals surface area contributed by atoms with Crippen LogP contribution in [0.3, 0.4) is 0 Å². The van der Waals surface area contributed by atoms with Gasteiger partial charge in [0.15, 0.2) is 0 Å². The number of rotatable bonds is 7. The molecule has 28 heavy (non-hydrogen) atoms. The number of nitrogens with zero attached hydrogens (tertiary/aromatic N) is 1. The number of benzene rings is 1. The molecule has 0 saturated carbocycles. The van der Waals surface area contributed by atoms with Crippen LogP contribution in [0.1, 0.15) is 16.9 Å². The third-order valence-corrected chi connectivity index (χ3v) is 6.32. The second kappa shape index (κ2) is 8.61. The van der Waals surface area contributed by atoms with Gasteiger partial charge in [-0.25, -0.2) is 0 Å². The second-order valence-corrected chi connectivity index (χ2v) is 8.89. The van der Waals surface area contributed by atoms with Gasteiger partial charge in [-0.1, -0.05) is 41.9 Å². The first-order chi connectivity index (χ1) is 13.6. The number of nitrogens with one attached hydrogen (secondary N) is 2. The number of carbonyl (C=O) groups is 2. The predicted molar refractivity (Wildman–Crippen MR) is 108 cm³/mol. The minimum atomic E-state index is -0.623. The first-order valence-electron chi connectivity index (χ1n) is 9.30. The van der Waals surface area contributed by atoms with Crippen LogP contribution in [-0.4, -0.2) is 48.0 Å². The monoisotopic (exact) mass is 419 g/mol. The molecule has 2 aromatic rings. The molecular weight excluding hydrogens is 398 g/mol. The van der Waals surface area contributed by atoms with E-state index in [1.54, 1.807) is 4.90 Å². The summed E-state index contributed by atoms with van der Waals surface area (Å²) in [5.41, 5.74) is 1.04. The zero-order valence-electron chi connectivity index (χ0n) is 15.3. The maximum Gasteiger partial charge on any atom is 0.248 e. The molecule has 148 valence electrons. The van der Waals surface area contributed by atoms with Crippen molar-refractivity contribution in [3.05, 3.63) is 57.2 Å². The highest BCUT2D eigenvalue weighted by Gasteiger charge is 2.46. The van der Waals surface area contributed by atoms with Gasteiger partial charge in [0, 0.05) is 24.0 Å². The Morgan fingerprint density at radius 1 is 1.21 bits per heavy atom. The van der Waals surface area contributed by atoms with Crippen LogP contribution in [0.15, 0.2) is 42.5 Å². The first-order valence-corrected chi connectivity index (χ1v) is 10.5. The van der Waals surface area contributed by atoms with Gasteiger partial charge < -0.3 is 20.3 Å². The Labute approximate surface area is 172 Å². The number of piperazine rings is 1. The molecule has 0 bridgehead atoms. The van der Waals surface area contributed by atoms with Gasteiger partial charge in [0.2, 0.25) is 11.8 Å². The van der Waals surface area contributed by atoms with Crippen LogP contribution >= 0.6 is 22.9 Å². The number of fused-ring (bicyclic) bond motifs is 1. The average Bonchev–Trinajstić information content (AvgIpc) is 3.31. The van der Waals surface area contributed by atoms with Crippen molar-refractivity contribution in [1.29, 1.82) is 0 Å². The number of halogens is 1. The Hall–Kier alpha value is -1.93. The van der Waals surface area contributed by atoms with Crippen molar-refractivity contribution in [2.75, 3.05) is 13.2 Å². The Morgan fingerprint density at radius 2 is 2.04 bits per heavy atom. The molecule has 1 aromatic carbocycles. The normalized spacial score (nSPS) is 24.3. The third-order valence-electron chi connectivity index (χ3n) is 5.09. The molecule has 0 spiro atoms. The fraction of sp³-hybridized carbons (Fsp3) is 0.400. The van der Waals surface area contributed by atoms with Gasteiger partial charge in [0.05, 0.1) is 17.6 Å². The van der Waals surface area contributed by atoms with Crippen molar-refractivity contribution in [3.63, 3.8) is 0 Å². The number of carbonyl (C=O) groups excluding carboxylic acids is 2. The first kappa shape index (κ1) is 19.4. The SMILES string of the molecule is O=C1N[C@@H](COCc2ccccc2)C(=O)N2C[C@@H](NCc3ccc(Cl)s3)C[C@@H]12. The molecule has 1 aromatic heterocycles. The Bertz CT molecular complexity index is 844. The van der Waals surface area contributed by atoms with Gasteiger partial charge in [-0.15, -0.1) is 11.3 Å². The van der Waals surface area contributed by atoms with Gasteiger partial charge in [0.1, 0.15) is 12.1 Å². The molecule has 2 saturated heterocycles. The molecule has 2 amide bonds. The quantitative estimate of drug-likeness (QED) is 0.721. The standard InChI is InChI=1S/C20H22ClN3O3S/c21-18-7-6-15(28-18)9-22-14-8-17-19(25)23-16(20(26)24(17)10-14)12-27-11-13-4-2-1-3-5-13/h1-7,14,16-17,22H,8-12H2,(H,23,25)/t14-,16-,17-/m0/s1. The number of amides is 2. The van der Waals surface area contributed by atoms with Crippen LogP contribution in [0.5, 0.6) is 0 Å². The van der Waals surface area contributed by atoms with E-state index in [0.717, 1.165) is 14.8 Å². The lowest BCUT2D eigenvalue weighted by Crippen LogP contribution is -2.62. The van der Waals surface area contributed by atoms with E-state index >= 15 is 0 Å². The second-order valence-electron chi connectivity index (χ2n) is 7.09. The van der Waals surface area contributed by atoms with E-state index in [9.17, 15) is 9.59 Å². The van der Waals surface area contributed by atoms with Gasteiger partial charge >= 0.3 is 0 Å². The Kier molecular flexibility index (Phi) is 5.96. The molecule has 2 aliphatic rings. The highest BCUT2D eigenvalue weighted by Crippen LogP contribution is 2.25. The summed E-state index contributed by atoms with van der Waals surface area (Å²) in [7, 11) is 0. The van der Waals surface area contributed by atoms with Crippen molar-refractivity contribution in [2.24, 2.45) is 0 Å². The predicted octanol–water partition coefficient (Wildman–Crippen LogP) is 2.18. The molecule has 0 radical (unpaired) electrons. The highest BCUT2D eigenvalue weighted by atomic mass is 35.5. The largest absolute Gasteiger partial charge is 0.374 e. The van der Waals surface area contributed by atoms with Gasteiger partial charge in [-0.05, 0) is 24.1 Å². The van der Waals surface area contributed by atoms with E-state index in [1.807, 2.05) is 42.5 Å². The zero-order valence-corrected chi connectivity index (χ0v) is 16.8. The molecule has 4 rings (SSSR count). The molecule has 3 heterocycles. The van der Waals surface area contributed by atoms with Crippen molar-refractivity contribution >= 4 is 34.8 Å². The molecule has 8 heteroatoms. The lowest BCUT2D eigenvalue weighted by molar-refractivity contribution is -0.148. The van der Waals surface area contributed by atoms with Crippen LogP contribution in [0, 0.1) is 0 Å². The summed E-state index contributed by atoms with van der Waals surface area (Å²) in [5.74, 6) is -0.169. The van der Waals surface area contributed by atoms with Crippen LogP contribution in [0.2, 0.25) is 4.34 Å². The number of thiophene rings is 1. The van der Waals surface area contributed by atoms with Crippen molar-refractivity contribution in [2.45, 2.75) is 37.7 Å². The van der Waals surface area contributed by atoms with E-state index in [0.29, 0.717) is 26.1 Å². The van der Waals surface area contributed by atoms with E-state index in [-0.39, 0.29) is 24.5 Å². The van der Waals surface area contributed by atoms with Crippen LogP contribution in [0.4, 0.5) is 0 Å². The molecule has 2 N–H and O–H groups in total. The highest BCUT2D eigenvalue weighted by molar-refractivity contribution is 7.16. The van der Waals surface area contributed by atoms with E-state index in [4.69, 9.17) is 16.3 Å². The van der Waals surface area contributed by atoms with Gasteiger partial charge in [-0.2, -0.15) is 0 Å². The van der Waals surface area contributed by atoms with Gasteiger partial charge in [-0.3, -0.25) is 9.59 Å². The summed E-state index contributed by atoms with van der Waals surface area (Å²) < 4.78 is 6.43. The minimum absolute atomic E-state index is 0.0684. The maximum absolute atomic E-state index is 12.8. The fourth-order valence-corrected chi connectivity index (χ4v) is 4.72. The fourth-order valence-electron chi connectivity index (χ4n) is 3.68. The maximum atomic E-state index is 12.8. The molecular formula is C20H22ClN3O3S. The number of hydrogen-bond donors (Lipinski definition) is 2. The molecule has 2 fully saturated rings. The number of hydrogen-bond acceptors (Lipinski definition) is 5. The van der Waals surface area contributed by atoms with E-state index < -0.39 is 12.1 Å². The van der Waals surface area contributed by atoms with Crippen LogP contribution in [-0.2, 0) is 27.5 Å². The van der Waals surface area contributed by atoms with E-state index in [2.05, 4.69) is 10.6 Å². The third kappa shape index (κ3) is 4.38. The van der Waals surface area contributed by atoms with E-state index in [1.165, 1.54) is 11.3 Å². The van der Waals surface area contributed by atoms with Crippen LogP contribution in [0.25, 0.3) is 0 Å². The minimum Gasteiger partial charge on any atom is -0.374 e. The number of ether oxygens (including phenoxy) is 1. The molecule has 2 aliphatic heterocycles. The molecule has 3 atom stereocenters. The molecule has 0 unspecified atom stereocenters. The topological polar surface area (TPSA) is 70.7 Å². The zero-order chi connectivity index (χ0) is 19.5. The summed E-state index contributed by atoms with van der Waals surface area (Å²) in [6, 6.07) is 12.7. The van der Waals surface area contributed by atoms with Crippen molar-refractivity contribution in [3.8, 4) is 0 Å². The summed E-state index contributed by atoms with van der Waals surface area (Å²) in [5, 5.41) is 6.26. The smallest absolute Gasteiger partial charge is 0.248 e. The van der Waals surface area contributed by atoms with Gasteiger partial charge in [0.25, 0.3) is 0 Å². The summed E-state index contributed by atoms with van der Waals surface area (Å²) in [6.07, 6.45) is 0.619. The lowest BCUT2D eigenvalue weighted by Gasteiger charge is -2.34. The van der Waals surface area contributed by atoms with Crippen molar-refractivity contribution in [1.82, 2.24) is 15.5 Å².